The van der Waals surface area contributed by atoms with Gasteiger partial charge < -0.3 is 0 Å². The van der Waals surface area contributed by atoms with Crippen molar-refractivity contribution in [1.82, 2.24) is 4.98 Å². The van der Waals surface area contributed by atoms with Gasteiger partial charge in [-0.1, -0.05) is 15.9 Å². The average molecular weight is 258 g/mol. The van der Waals surface area contributed by atoms with E-state index in [-0.39, 0.29) is 0 Å². The summed E-state index contributed by atoms with van der Waals surface area (Å²) in [5.41, 5.74) is 0. The lowest BCUT2D eigenvalue weighted by Crippen LogP contribution is -2.00. The number of alkyl halides is 3. The fourth-order valence-corrected chi connectivity index (χ4v) is 1.66. The molecule has 0 spiro atoms. The van der Waals surface area contributed by atoms with E-state index in [1.807, 2.05) is 0 Å². The zero-order chi connectivity index (χ0) is 9.19. The summed E-state index contributed by atoms with van der Waals surface area (Å²) in [4.78, 5) is 4.34. The van der Waals surface area contributed by atoms with Crippen LogP contribution in [0.15, 0.2) is 11.2 Å². The van der Waals surface area contributed by atoms with Crippen molar-refractivity contribution in [1.29, 1.82) is 0 Å². The molecule has 1 heterocycles. The summed E-state index contributed by atoms with van der Waals surface area (Å²) < 4.78 is 35.9. The molecule has 0 amide bonds. The molecule has 0 atom stereocenters. The smallest absolute Gasteiger partial charge is 0.245 e. The molecule has 0 saturated carbocycles. The molecule has 1 aromatic rings. The van der Waals surface area contributed by atoms with Crippen molar-refractivity contribution in [2.75, 3.05) is 0 Å². The Hall–Kier alpha value is -0.360. The fourth-order valence-electron chi connectivity index (χ4n) is 0.550. The van der Waals surface area contributed by atoms with E-state index in [4.69, 9.17) is 0 Å². The van der Waals surface area contributed by atoms with E-state index in [0.717, 1.165) is 6.20 Å². The van der Waals surface area contributed by atoms with Crippen LogP contribution < -0.4 is 0 Å². The molecule has 0 radical (unpaired) electrons. The van der Waals surface area contributed by atoms with Gasteiger partial charge in [0.2, 0.25) is 0 Å². The predicted molar refractivity (Wildman–Crippen MR) is 45.1 cm³/mol. The SMILES string of the molecule is FC(F)(F)c1cnc(/C=C/Br)s1. The van der Waals surface area contributed by atoms with Gasteiger partial charge in [-0.25, -0.2) is 4.98 Å². The highest BCUT2D eigenvalue weighted by Gasteiger charge is 2.32. The van der Waals surface area contributed by atoms with Crippen molar-refractivity contribution in [2.45, 2.75) is 6.18 Å². The lowest BCUT2D eigenvalue weighted by Gasteiger charge is -1.98. The molecular formula is C6H3BrF3NS. The maximum atomic E-state index is 12.0. The largest absolute Gasteiger partial charge is 0.427 e. The molecule has 6 heteroatoms. The molecule has 1 rings (SSSR count). The Kier molecular flexibility index (Phi) is 2.89. The van der Waals surface area contributed by atoms with Gasteiger partial charge in [0.05, 0.1) is 6.20 Å². The van der Waals surface area contributed by atoms with Crippen molar-refractivity contribution >= 4 is 33.3 Å². The van der Waals surface area contributed by atoms with Crippen molar-refractivity contribution in [2.24, 2.45) is 0 Å². The summed E-state index contributed by atoms with van der Waals surface area (Å²) in [5.74, 6) is 0. The Morgan fingerprint density at radius 2 is 2.17 bits per heavy atom. The number of halogens is 4. The number of hydrogen-bond donors (Lipinski definition) is 0. The summed E-state index contributed by atoms with van der Waals surface area (Å²) in [6.45, 7) is 0. The van der Waals surface area contributed by atoms with Gasteiger partial charge in [0.15, 0.2) is 0 Å². The number of nitrogens with zero attached hydrogens (tertiary/aromatic N) is 1. The number of thiazole rings is 1. The van der Waals surface area contributed by atoms with Gasteiger partial charge in [-0.3, -0.25) is 0 Å². The monoisotopic (exact) mass is 257 g/mol. The summed E-state index contributed by atoms with van der Waals surface area (Å²) in [7, 11) is 0. The van der Waals surface area contributed by atoms with Crippen molar-refractivity contribution in [3.63, 3.8) is 0 Å². The highest BCUT2D eigenvalue weighted by atomic mass is 79.9. The quantitative estimate of drug-likeness (QED) is 0.750. The first-order valence-corrected chi connectivity index (χ1v) is 4.57. The Morgan fingerprint density at radius 1 is 1.50 bits per heavy atom. The van der Waals surface area contributed by atoms with Crippen LogP contribution in [0.5, 0.6) is 0 Å². The van der Waals surface area contributed by atoms with Crippen LogP contribution in [0, 0.1) is 0 Å². The highest BCUT2D eigenvalue weighted by molar-refractivity contribution is 9.11. The lowest BCUT2D eigenvalue weighted by molar-refractivity contribution is -0.134. The zero-order valence-electron chi connectivity index (χ0n) is 5.60. The molecule has 0 aliphatic heterocycles. The highest BCUT2D eigenvalue weighted by Crippen LogP contribution is 2.33. The molecule has 0 unspecified atom stereocenters. The van der Waals surface area contributed by atoms with Crippen LogP contribution in [0.2, 0.25) is 0 Å². The normalized spacial score (nSPS) is 12.7. The van der Waals surface area contributed by atoms with Crippen LogP contribution in [-0.2, 0) is 6.18 Å². The second-order valence-electron chi connectivity index (χ2n) is 1.85. The Morgan fingerprint density at radius 3 is 2.58 bits per heavy atom. The van der Waals surface area contributed by atoms with E-state index in [1.165, 1.54) is 11.1 Å². The van der Waals surface area contributed by atoms with Crippen LogP contribution in [-0.4, -0.2) is 4.98 Å². The number of rotatable bonds is 1. The van der Waals surface area contributed by atoms with E-state index in [2.05, 4.69) is 20.9 Å². The van der Waals surface area contributed by atoms with Crippen LogP contribution in [0.25, 0.3) is 6.08 Å². The molecule has 12 heavy (non-hydrogen) atoms. The van der Waals surface area contributed by atoms with E-state index in [0.29, 0.717) is 16.3 Å². The first-order valence-electron chi connectivity index (χ1n) is 2.84. The summed E-state index contributed by atoms with van der Waals surface area (Å²) >= 11 is 3.56. The van der Waals surface area contributed by atoms with E-state index >= 15 is 0 Å². The molecule has 0 bridgehead atoms. The molecular weight excluding hydrogens is 255 g/mol. The van der Waals surface area contributed by atoms with Gasteiger partial charge in [-0.2, -0.15) is 13.2 Å². The molecule has 0 fully saturated rings. The van der Waals surface area contributed by atoms with Gasteiger partial charge in [-0.15, -0.1) is 11.3 Å². The maximum absolute atomic E-state index is 12.0. The molecule has 0 aromatic carbocycles. The van der Waals surface area contributed by atoms with Gasteiger partial charge >= 0.3 is 6.18 Å². The minimum Gasteiger partial charge on any atom is -0.245 e. The Balaban J connectivity index is 2.92. The van der Waals surface area contributed by atoms with E-state index < -0.39 is 11.1 Å². The van der Waals surface area contributed by atoms with Crippen LogP contribution >= 0.6 is 27.3 Å². The second-order valence-corrected chi connectivity index (χ2v) is 3.44. The molecule has 0 N–H and O–H groups in total. The van der Waals surface area contributed by atoms with Gasteiger partial charge in [-0.05, 0) is 11.1 Å². The molecule has 66 valence electrons. The second kappa shape index (κ2) is 3.57. The van der Waals surface area contributed by atoms with Crippen molar-refractivity contribution in [3.05, 3.63) is 21.1 Å². The fraction of sp³-hybridized carbons (Fsp3) is 0.167. The Bertz CT molecular complexity index is 291. The maximum Gasteiger partial charge on any atom is 0.427 e. The Labute approximate surface area is 79.1 Å². The van der Waals surface area contributed by atoms with Crippen LogP contribution in [0.1, 0.15) is 9.88 Å². The van der Waals surface area contributed by atoms with Crippen LogP contribution in [0.3, 0.4) is 0 Å². The van der Waals surface area contributed by atoms with Crippen molar-refractivity contribution < 1.29 is 13.2 Å². The van der Waals surface area contributed by atoms with Gasteiger partial charge in [0.1, 0.15) is 9.88 Å². The van der Waals surface area contributed by atoms with Gasteiger partial charge in [0.25, 0.3) is 0 Å². The first kappa shape index (κ1) is 9.73. The average Bonchev–Trinajstić information content (AvgIpc) is 2.35. The zero-order valence-corrected chi connectivity index (χ0v) is 8.00. The molecule has 0 aliphatic rings. The summed E-state index contributed by atoms with van der Waals surface area (Å²) in [5, 5.41) is 0.333. The third kappa shape index (κ3) is 2.31. The molecule has 0 saturated heterocycles. The minimum atomic E-state index is -4.28. The topological polar surface area (TPSA) is 12.9 Å². The lowest BCUT2D eigenvalue weighted by atomic mass is 10.5. The molecule has 1 nitrogen and oxygen atoms in total. The molecule has 1 aromatic heterocycles. The summed E-state index contributed by atoms with van der Waals surface area (Å²) in [6.07, 6.45) is -2.00. The number of aromatic nitrogens is 1. The standard InChI is InChI=1S/C6H3BrF3NS/c7-2-1-5-11-3-4(12-5)6(8,9)10/h1-3H/b2-1+. The third-order valence-electron chi connectivity index (χ3n) is 1.01. The summed E-state index contributed by atoms with van der Waals surface area (Å²) in [6, 6.07) is 0. The first-order chi connectivity index (χ1) is 5.54. The minimum absolute atomic E-state index is 0.333. The van der Waals surface area contributed by atoms with E-state index in [1.54, 1.807) is 0 Å². The molecule has 0 aliphatic carbocycles. The number of hydrogen-bond acceptors (Lipinski definition) is 2. The van der Waals surface area contributed by atoms with Crippen molar-refractivity contribution in [3.8, 4) is 0 Å². The van der Waals surface area contributed by atoms with Gasteiger partial charge in [0, 0.05) is 0 Å². The van der Waals surface area contributed by atoms with E-state index in [9.17, 15) is 13.2 Å². The van der Waals surface area contributed by atoms with Crippen LogP contribution in [0.4, 0.5) is 13.2 Å². The third-order valence-corrected chi connectivity index (χ3v) is 2.28. The predicted octanol–water partition coefficient (Wildman–Crippen LogP) is 3.53.